The largest absolute Gasteiger partial charge is 0.394 e. The Labute approximate surface area is 435 Å². The molecule has 0 radical (unpaired) electrons. The number of hydrogen-bond acceptors (Lipinski definition) is 21. The van der Waals surface area contributed by atoms with E-state index in [1.807, 2.05) is 0 Å². The molecule has 21 heteroatoms. The molecule has 0 aromatic heterocycles. The van der Waals surface area contributed by atoms with E-state index in [-0.39, 0.29) is 18.1 Å². The average Bonchev–Trinajstić information content (AvgIpc) is 3.74. The number of allylic oxidation sites excluding steroid dienone is 1. The van der Waals surface area contributed by atoms with Gasteiger partial charge in [-0.2, -0.15) is 0 Å². The van der Waals surface area contributed by atoms with E-state index in [9.17, 15) is 66.4 Å². The number of aliphatic hydroxyl groups is 13. The van der Waals surface area contributed by atoms with Crippen molar-refractivity contribution in [1.82, 2.24) is 0 Å². The quantitative estimate of drug-likeness (QED) is 0.0856. The van der Waals surface area contributed by atoms with Gasteiger partial charge in [-0.1, -0.05) is 65.5 Å². The summed E-state index contributed by atoms with van der Waals surface area (Å²) in [5.74, 6) is 4.93. The van der Waals surface area contributed by atoms with E-state index in [4.69, 9.17) is 37.9 Å². The van der Waals surface area contributed by atoms with Crippen LogP contribution in [0.25, 0.3) is 0 Å². The third kappa shape index (κ3) is 12.3. The van der Waals surface area contributed by atoms with Gasteiger partial charge in [-0.3, -0.25) is 0 Å². The molecule has 430 valence electrons. The van der Waals surface area contributed by atoms with Crippen molar-refractivity contribution in [3.63, 3.8) is 0 Å². The fraction of sp³-hybridized carbons (Fsp3) is 0.962. The first-order valence-electron chi connectivity index (χ1n) is 27.4. The summed E-state index contributed by atoms with van der Waals surface area (Å²) in [5, 5.41) is 131. The Hall–Kier alpha value is -1.10. The molecule has 4 aliphatic heterocycles. The van der Waals surface area contributed by atoms with Gasteiger partial charge in [0.1, 0.15) is 97.7 Å². The minimum Gasteiger partial charge on any atom is -0.394 e. The van der Waals surface area contributed by atoms with E-state index in [1.54, 1.807) is 0 Å². The van der Waals surface area contributed by atoms with Crippen molar-refractivity contribution in [2.45, 2.75) is 241 Å². The molecule has 0 amide bonds. The van der Waals surface area contributed by atoms with Crippen LogP contribution >= 0.6 is 0 Å². The van der Waals surface area contributed by atoms with Crippen molar-refractivity contribution >= 4 is 0 Å². The van der Waals surface area contributed by atoms with Gasteiger partial charge in [0.05, 0.1) is 38.6 Å². The van der Waals surface area contributed by atoms with Crippen molar-refractivity contribution in [3.05, 3.63) is 11.6 Å². The lowest BCUT2D eigenvalue weighted by atomic mass is 9.47. The Kier molecular flexibility index (Phi) is 20.9. The molecule has 4 saturated heterocycles. The zero-order chi connectivity index (χ0) is 54.1. The number of aliphatic hydroxyl groups excluding tert-OH is 13. The highest BCUT2D eigenvalue weighted by Gasteiger charge is 2.60. The Morgan fingerprint density at radius 2 is 1.18 bits per heavy atom. The molecule has 0 spiro atoms. The van der Waals surface area contributed by atoms with Crippen molar-refractivity contribution in [2.75, 3.05) is 33.5 Å². The monoisotopic (exact) mass is 1060 g/mol. The van der Waals surface area contributed by atoms with E-state index >= 15 is 0 Å². The number of rotatable bonds is 16. The fourth-order valence-corrected chi connectivity index (χ4v) is 14.6. The molecule has 21 nitrogen and oxygen atoms in total. The van der Waals surface area contributed by atoms with Crippen LogP contribution in [0.2, 0.25) is 0 Å². The standard InChI is InChI=1S/C34H58O6.C19H34O15/c1-20(2)8-7-9-21(3)25-12-13-26-24-11-10-22-18-23(14-16-33(22,4)27(24)15-17-34(25,26)5)39-32-30(37)29(36)31(38-6)28(19-35)40-32;1-5-9(22)12(25)11(24)8(31-5)4-30-18-16(29)14(27)17(7(3-21)33-18)34-19-15(28)13(26)10(23)6(2-20)32-19/h10,20-21,23-32,35-37H,7-9,11-19H2,1-6H3;5-29H,2-4H2,1H3/t21-,23?,24+,25-,26+,27+,28?,29-,30?,31-,32-,33+,34-;5-,6?,7?,8?,9?,10-,11-,12-,13+,14-,15?,16?,17-,18-,19-/m11/s1. The van der Waals surface area contributed by atoms with Gasteiger partial charge in [-0.05, 0) is 105 Å². The second kappa shape index (κ2) is 25.6. The predicted octanol–water partition coefficient (Wildman–Crippen LogP) is -0.636. The van der Waals surface area contributed by atoms with Gasteiger partial charge in [0.25, 0.3) is 0 Å². The Bertz CT molecular complexity index is 1770. The molecular weight excluding hydrogens is 973 g/mol. The molecule has 8 aliphatic rings. The molecule has 7 fully saturated rings. The first-order valence-corrected chi connectivity index (χ1v) is 27.4. The molecule has 28 atom stereocenters. The smallest absolute Gasteiger partial charge is 0.187 e. The Morgan fingerprint density at radius 3 is 1.84 bits per heavy atom. The van der Waals surface area contributed by atoms with E-state index in [0.29, 0.717) is 5.41 Å². The lowest BCUT2D eigenvalue weighted by Gasteiger charge is -2.58. The van der Waals surface area contributed by atoms with Crippen molar-refractivity contribution in [1.29, 1.82) is 0 Å². The van der Waals surface area contributed by atoms with Gasteiger partial charge in [0, 0.05) is 7.11 Å². The highest BCUT2D eigenvalue weighted by molar-refractivity contribution is 5.25. The third-order valence-electron chi connectivity index (χ3n) is 19.0. The maximum absolute atomic E-state index is 10.7. The van der Waals surface area contributed by atoms with Gasteiger partial charge >= 0.3 is 0 Å². The van der Waals surface area contributed by atoms with Crippen molar-refractivity contribution in [3.8, 4) is 0 Å². The minimum absolute atomic E-state index is 0.0578. The topological polar surface area (TPSA) is 337 Å². The van der Waals surface area contributed by atoms with Gasteiger partial charge in [-0.25, -0.2) is 0 Å². The number of methoxy groups -OCH3 is 1. The van der Waals surface area contributed by atoms with E-state index in [2.05, 4.69) is 40.7 Å². The first kappa shape index (κ1) is 60.5. The van der Waals surface area contributed by atoms with Crippen LogP contribution in [0.5, 0.6) is 0 Å². The lowest BCUT2D eigenvalue weighted by Crippen LogP contribution is -2.65. The van der Waals surface area contributed by atoms with Crippen LogP contribution in [0.1, 0.15) is 112 Å². The zero-order valence-corrected chi connectivity index (χ0v) is 44.4. The summed E-state index contributed by atoms with van der Waals surface area (Å²) in [6.07, 6.45) is -10.8. The summed E-state index contributed by atoms with van der Waals surface area (Å²) in [4.78, 5) is 0. The van der Waals surface area contributed by atoms with Crippen LogP contribution in [-0.4, -0.2) is 229 Å². The van der Waals surface area contributed by atoms with Crippen LogP contribution in [-0.2, 0) is 37.9 Å². The van der Waals surface area contributed by atoms with Gasteiger partial charge in [0.2, 0.25) is 0 Å². The minimum atomic E-state index is -1.79. The lowest BCUT2D eigenvalue weighted by molar-refractivity contribution is -0.362. The van der Waals surface area contributed by atoms with E-state index in [1.165, 1.54) is 71.0 Å². The van der Waals surface area contributed by atoms with Gasteiger partial charge in [0.15, 0.2) is 18.9 Å². The second-order valence-electron chi connectivity index (χ2n) is 23.9. The SMILES string of the molecule is CO[C@@H]1C(CO)O[C@@H](OC2CC[C@@]3(C)C(=CC[C@H]4[C@@H]5CC[C@H]([C@H](C)CCCC(C)C)[C@@]5(C)CC[C@@H]43)C2)C(O)[C@H]1O.C[C@H]1OC(CO[C@@H]2OC(CO)[C@@H](O[C@H]3OC(CO)[C@@H](O)[C@H](O)C3O)[C@H](O)C2O)[C@@H](O)[C@H](O)C1O. The summed E-state index contributed by atoms with van der Waals surface area (Å²) in [6.45, 7) is 11.8. The van der Waals surface area contributed by atoms with Crippen LogP contribution < -0.4 is 0 Å². The number of ether oxygens (including phenoxy) is 8. The highest BCUT2D eigenvalue weighted by Crippen LogP contribution is 2.67. The molecule has 74 heavy (non-hydrogen) atoms. The zero-order valence-electron chi connectivity index (χ0n) is 44.4. The van der Waals surface area contributed by atoms with Gasteiger partial charge < -0.3 is 104 Å². The molecule has 13 N–H and O–H groups in total. The summed E-state index contributed by atoms with van der Waals surface area (Å²) < 4.78 is 44.4. The summed E-state index contributed by atoms with van der Waals surface area (Å²) in [7, 11) is 1.45. The van der Waals surface area contributed by atoms with Crippen LogP contribution in [0.3, 0.4) is 0 Å². The molecule has 9 unspecified atom stereocenters. The summed E-state index contributed by atoms with van der Waals surface area (Å²) in [5.41, 5.74) is 2.26. The third-order valence-corrected chi connectivity index (χ3v) is 19.0. The molecule has 0 aromatic rings. The predicted molar refractivity (Wildman–Crippen MR) is 261 cm³/mol. The normalized spacial score (nSPS) is 50.0. The molecule has 4 heterocycles. The fourth-order valence-electron chi connectivity index (χ4n) is 14.6. The maximum Gasteiger partial charge on any atom is 0.187 e. The summed E-state index contributed by atoms with van der Waals surface area (Å²) >= 11 is 0. The van der Waals surface area contributed by atoms with Gasteiger partial charge in [-0.15, -0.1) is 0 Å². The average molecular weight is 1070 g/mol. The number of hydrogen-bond donors (Lipinski definition) is 13. The first-order chi connectivity index (χ1) is 35.0. The Balaban J connectivity index is 0.000000219. The number of fused-ring (bicyclic) bond motifs is 5. The molecule has 8 rings (SSSR count). The molecule has 3 saturated carbocycles. The summed E-state index contributed by atoms with van der Waals surface area (Å²) in [6, 6.07) is 0. The highest BCUT2D eigenvalue weighted by atomic mass is 16.7. The molecular formula is C53H92O21. The van der Waals surface area contributed by atoms with Crippen LogP contribution in [0.15, 0.2) is 11.6 Å². The van der Waals surface area contributed by atoms with Crippen molar-refractivity contribution < 1.29 is 104 Å². The second-order valence-corrected chi connectivity index (χ2v) is 23.9. The maximum atomic E-state index is 10.7. The molecule has 0 aromatic carbocycles. The van der Waals surface area contributed by atoms with Crippen molar-refractivity contribution in [2.24, 2.45) is 46.3 Å². The Morgan fingerprint density at radius 1 is 0.595 bits per heavy atom. The van der Waals surface area contributed by atoms with Crippen LogP contribution in [0, 0.1) is 46.3 Å². The van der Waals surface area contributed by atoms with E-state index in [0.717, 1.165) is 54.8 Å². The molecule has 0 bridgehead atoms. The molecule has 4 aliphatic carbocycles. The van der Waals surface area contributed by atoms with Crippen LogP contribution in [0.4, 0.5) is 0 Å². The van der Waals surface area contributed by atoms with E-state index < -0.39 is 142 Å².